The molecule has 1 fully saturated rings. The van der Waals surface area contributed by atoms with E-state index in [4.69, 9.17) is 10.6 Å². The van der Waals surface area contributed by atoms with Crippen molar-refractivity contribution in [3.05, 3.63) is 20.8 Å². The molecule has 0 saturated heterocycles. The minimum absolute atomic E-state index is 0.0634. The summed E-state index contributed by atoms with van der Waals surface area (Å²) in [4.78, 5) is 0. The maximum Gasteiger partial charge on any atom is 0.0886 e. The molecule has 0 aromatic carbocycles. The number of hydrogen-bond acceptors (Lipinski definition) is 4. The zero-order chi connectivity index (χ0) is 12.3. The highest BCUT2D eigenvalue weighted by molar-refractivity contribution is 9.10. The molecule has 1 saturated carbocycles. The third-order valence-corrected chi connectivity index (χ3v) is 5.50. The van der Waals surface area contributed by atoms with E-state index < -0.39 is 0 Å². The summed E-state index contributed by atoms with van der Waals surface area (Å²) in [5.74, 6) is 5.78. The minimum Gasteiger partial charge on any atom is -0.376 e. The van der Waals surface area contributed by atoms with Gasteiger partial charge in [0.05, 0.1) is 11.6 Å². The first-order valence-corrected chi connectivity index (χ1v) is 7.70. The number of ether oxygens (including phenoxy) is 1. The van der Waals surface area contributed by atoms with Gasteiger partial charge in [-0.25, -0.2) is 5.43 Å². The fraction of sp³-hybridized carbons (Fsp3) is 0.667. The molecular weight excluding hydrogens is 300 g/mol. The fourth-order valence-corrected chi connectivity index (χ4v) is 4.34. The van der Waals surface area contributed by atoms with Crippen molar-refractivity contribution in [3.8, 4) is 0 Å². The van der Waals surface area contributed by atoms with Gasteiger partial charge in [-0.3, -0.25) is 5.84 Å². The molecule has 1 atom stereocenters. The van der Waals surface area contributed by atoms with Gasteiger partial charge < -0.3 is 4.74 Å². The monoisotopic (exact) mass is 318 g/mol. The van der Waals surface area contributed by atoms with E-state index in [1.165, 1.54) is 24.8 Å². The zero-order valence-electron chi connectivity index (χ0n) is 10.0. The maximum absolute atomic E-state index is 5.85. The Morgan fingerprint density at radius 3 is 2.59 bits per heavy atom. The highest BCUT2D eigenvalue weighted by atomic mass is 79.9. The zero-order valence-corrected chi connectivity index (χ0v) is 12.4. The summed E-state index contributed by atoms with van der Waals surface area (Å²) in [5, 5.41) is 4.23. The summed E-state index contributed by atoms with van der Waals surface area (Å²) >= 11 is 5.27. The highest BCUT2D eigenvalue weighted by Crippen LogP contribution is 2.43. The molecule has 96 valence electrons. The molecule has 1 aliphatic rings. The van der Waals surface area contributed by atoms with Crippen molar-refractivity contribution < 1.29 is 4.74 Å². The lowest BCUT2D eigenvalue weighted by atomic mass is 9.77. The molecule has 0 amide bonds. The van der Waals surface area contributed by atoms with Gasteiger partial charge >= 0.3 is 0 Å². The van der Waals surface area contributed by atoms with E-state index in [9.17, 15) is 0 Å². The van der Waals surface area contributed by atoms with Crippen molar-refractivity contribution in [2.24, 2.45) is 5.84 Å². The Kier molecular flexibility index (Phi) is 4.60. The summed E-state index contributed by atoms with van der Waals surface area (Å²) in [5.41, 5.74) is 4.01. The van der Waals surface area contributed by atoms with E-state index in [1.807, 2.05) is 0 Å². The summed E-state index contributed by atoms with van der Waals surface area (Å²) in [7, 11) is 1.80. The van der Waals surface area contributed by atoms with Crippen LogP contribution in [0, 0.1) is 0 Å². The molecule has 3 N–H and O–H groups in total. The first-order valence-electron chi connectivity index (χ1n) is 5.96. The van der Waals surface area contributed by atoms with Crippen LogP contribution in [-0.4, -0.2) is 12.7 Å². The molecule has 1 aromatic heterocycles. The topological polar surface area (TPSA) is 47.3 Å². The normalized spacial score (nSPS) is 21.4. The van der Waals surface area contributed by atoms with E-state index in [0.29, 0.717) is 0 Å². The Bertz CT molecular complexity index is 363. The predicted molar refractivity (Wildman–Crippen MR) is 74.9 cm³/mol. The van der Waals surface area contributed by atoms with Crippen LogP contribution >= 0.6 is 27.3 Å². The second-order valence-corrected chi connectivity index (χ2v) is 6.20. The maximum atomic E-state index is 5.85. The second-order valence-electron chi connectivity index (χ2n) is 4.60. The Hall–Kier alpha value is 0.0600. The molecule has 0 radical (unpaired) electrons. The third kappa shape index (κ3) is 2.58. The predicted octanol–water partition coefficient (Wildman–Crippen LogP) is 3.36. The van der Waals surface area contributed by atoms with Crippen LogP contribution in [0.2, 0.25) is 0 Å². The van der Waals surface area contributed by atoms with Gasteiger partial charge in [0, 0.05) is 17.0 Å². The van der Waals surface area contributed by atoms with Crippen LogP contribution in [0.1, 0.15) is 43.7 Å². The van der Waals surface area contributed by atoms with Gasteiger partial charge in [-0.15, -0.1) is 0 Å². The number of halogens is 1. The summed E-state index contributed by atoms with van der Waals surface area (Å²) in [6, 6.07) is 0.0634. The molecule has 0 spiro atoms. The largest absolute Gasteiger partial charge is 0.376 e. The molecular formula is C12H19BrN2OS. The van der Waals surface area contributed by atoms with Gasteiger partial charge in [-0.1, -0.05) is 19.3 Å². The number of hydrazine groups is 1. The lowest BCUT2D eigenvalue weighted by molar-refractivity contribution is -0.0689. The Balaban J connectivity index is 2.29. The average Bonchev–Trinajstić information content (AvgIpc) is 2.78. The van der Waals surface area contributed by atoms with Gasteiger partial charge in [-0.05, 0) is 39.7 Å². The van der Waals surface area contributed by atoms with Crippen LogP contribution in [0.4, 0.5) is 0 Å². The van der Waals surface area contributed by atoms with Crippen molar-refractivity contribution in [3.63, 3.8) is 0 Å². The summed E-state index contributed by atoms with van der Waals surface area (Å²) in [6.07, 6.45) is 5.87. The van der Waals surface area contributed by atoms with Crippen LogP contribution in [0.5, 0.6) is 0 Å². The van der Waals surface area contributed by atoms with Crippen LogP contribution in [-0.2, 0) is 4.74 Å². The lowest BCUT2D eigenvalue weighted by Gasteiger charge is -2.42. The minimum atomic E-state index is -0.156. The fourth-order valence-electron chi connectivity index (χ4n) is 2.78. The molecule has 1 unspecified atom stereocenters. The number of hydrogen-bond donors (Lipinski definition) is 2. The van der Waals surface area contributed by atoms with Crippen molar-refractivity contribution in [2.45, 2.75) is 43.7 Å². The van der Waals surface area contributed by atoms with E-state index in [0.717, 1.165) is 17.3 Å². The van der Waals surface area contributed by atoms with E-state index in [1.54, 1.807) is 18.4 Å². The summed E-state index contributed by atoms with van der Waals surface area (Å²) < 4.78 is 6.97. The average molecular weight is 319 g/mol. The van der Waals surface area contributed by atoms with E-state index in [-0.39, 0.29) is 11.6 Å². The van der Waals surface area contributed by atoms with Gasteiger partial charge in [0.15, 0.2) is 0 Å². The molecule has 1 heterocycles. The number of methoxy groups -OCH3 is 1. The number of rotatable bonds is 4. The van der Waals surface area contributed by atoms with Crippen molar-refractivity contribution in [1.29, 1.82) is 0 Å². The van der Waals surface area contributed by atoms with Crippen LogP contribution in [0.15, 0.2) is 15.2 Å². The van der Waals surface area contributed by atoms with Crippen molar-refractivity contribution in [1.82, 2.24) is 5.43 Å². The Morgan fingerprint density at radius 1 is 1.41 bits per heavy atom. The lowest BCUT2D eigenvalue weighted by Crippen LogP contribution is -2.49. The molecule has 5 heteroatoms. The standard InChI is InChI=1S/C12H19BrN2OS/c1-16-12(5-3-2-4-6-12)11(15-14)9-7-17-8-10(9)13/h7-8,11,15H,2-6,14H2,1H3. The third-order valence-electron chi connectivity index (χ3n) is 3.75. The van der Waals surface area contributed by atoms with Gasteiger partial charge in [-0.2, -0.15) is 11.3 Å². The van der Waals surface area contributed by atoms with Crippen molar-refractivity contribution in [2.75, 3.05) is 7.11 Å². The Morgan fingerprint density at radius 2 is 2.12 bits per heavy atom. The molecule has 0 bridgehead atoms. The van der Waals surface area contributed by atoms with Crippen LogP contribution < -0.4 is 11.3 Å². The molecule has 1 aromatic rings. The quantitative estimate of drug-likeness (QED) is 0.661. The first-order chi connectivity index (χ1) is 8.23. The Labute approximate surface area is 115 Å². The van der Waals surface area contributed by atoms with E-state index >= 15 is 0 Å². The SMILES string of the molecule is COC1(C(NN)c2cscc2Br)CCCCC1. The molecule has 2 rings (SSSR count). The van der Waals surface area contributed by atoms with Gasteiger partial charge in [0.1, 0.15) is 0 Å². The highest BCUT2D eigenvalue weighted by Gasteiger charge is 2.41. The molecule has 0 aliphatic heterocycles. The van der Waals surface area contributed by atoms with Crippen molar-refractivity contribution >= 4 is 27.3 Å². The smallest absolute Gasteiger partial charge is 0.0886 e. The molecule has 1 aliphatic carbocycles. The first kappa shape index (κ1) is 13.5. The second kappa shape index (κ2) is 5.80. The van der Waals surface area contributed by atoms with Crippen LogP contribution in [0.25, 0.3) is 0 Å². The van der Waals surface area contributed by atoms with Crippen LogP contribution in [0.3, 0.4) is 0 Å². The molecule has 17 heavy (non-hydrogen) atoms. The van der Waals surface area contributed by atoms with E-state index in [2.05, 4.69) is 32.1 Å². The van der Waals surface area contributed by atoms with Gasteiger partial charge in [0.25, 0.3) is 0 Å². The number of nitrogens with two attached hydrogens (primary N) is 1. The number of thiophene rings is 1. The molecule has 3 nitrogen and oxygen atoms in total. The van der Waals surface area contributed by atoms with Gasteiger partial charge in [0.2, 0.25) is 0 Å². The number of nitrogens with one attached hydrogen (secondary N) is 1. The summed E-state index contributed by atoms with van der Waals surface area (Å²) in [6.45, 7) is 0.